The minimum atomic E-state index is -4.60. The smallest absolute Gasteiger partial charge is 0.416 e. The third kappa shape index (κ3) is 4.54. The number of aromatic hydroxyl groups is 1. The first-order valence-electron chi connectivity index (χ1n) is 7.67. The van der Waals surface area contributed by atoms with Gasteiger partial charge in [0.25, 0.3) is 5.91 Å². The van der Waals surface area contributed by atoms with E-state index in [1.165, 1.54) is 6.07 Å². The Morgan fingerprint density at radius 1 is 1.24 bits per heavy atom. The molecule has 0 radical (unpaired) electrons. The van der Waals surface area contributed by atoms with Crippen molar-refractivity contribution in [1.29, 1.82) is 0 Å². The van der Waals surface area contributed by atoms with E-state index in [2.05, 4.69) is 15.4 Å². The molecule has 1 amide bonds. The molecule has 0 aliphatic rings. The van der Waals surface area contributed by atoms with Gasteiger partial charge in [0.15, 0.2) is 5.65 Å². The molecule has 2 aromatic heterocycles. The van der Waals surface area contributed by atoms with Crippen molar-refractivity contribution in [1.82, 2.24) is 19.9 Å². The molecule has 0 bridgehead atoms. The molecule has 1 aromatic carbocycles. The fourth-order valence-electron chi connectivity index (χ4n) is 2.38. The summed E-state index contributed by atoms with van der Waals surface area (Å²) >= 11 is 6.59. The lowest BCUT2D eigenvalue weighted by molar-refractivity contribution is -0.138. The van der Waals surface area contributed by atoms with Gasteiger partial charge in [0, 0.05) is 16.0 Å². The quantitative estimate of drug-likeness (QED) is 0.551. The molecule has 0 aliphatic carbocycles. The number of carboxylic acid groups (broad SMARTS) is 1. The number of benzene rings is 1. The van der Waals surface area contributed by atoms with Crippen LogP contribution in [0.15, 0.2) is 40.5 Å². The van der Waals surface area contributed by atoms with Crippen LogP contribution < -0.4 is 5.32 Å². The lowest BCUT2D eigenvalue weighted by Crippen LogP contribution is -2.29. The molecule has 29 heavy (non-hydrogen) atoms. The molecule has 0 saturated carbocycles. The largest absolute Gasteiger partial charge is 0.507 e. The van der Waals surface area contributed by atoms with Crippen molar-refractivity contribution in [2.45, 2.75) is 16.1 Å². The molecule has 0 saturated heterocycles. The number of aromatic nitrogens is 3. The number of hydrogen-bond acceptors (Lipinski definition) is 6. The number of nitrogens with zero attached hydrogens (tertiary/aromatic N) is 3. The van der Waals surface area contributed by atoms with Gasteiger partial charge in [0.1, 0.15) is 29.2 Å². The van der Waals surface area contributed by atoms with Gasteiger partial charge in [-0.2, -0.15) is 18.3 Å². The molecule has 8 nitrogen and oxygen atoms in total. The van der Waals surface area contributed by atoms with Gasteiger partial charge in [0.05, 0.1) is 5.56 Å². The van der Waals surface area contributed by atoms with E-state index in [4.69, 9.17) is 16.7 Å². The number of carbonyl (C=O) groups is 2. The number of carbonyl (C=O) groups excluding carboxylic acids is 1. The topological polar surface area (TPSA) is 117 Å². The van der Waals surface area contributed by atoms with Crippen LogP contribution in [0.4, 0.5) is 13.2 Å². The van der Waals surface area contributed by atoms with E-state index in [1.807, 2.05) is 0 Å². The average Bonchev–Trinajstić information content (AvgIpc) is 3.08. The van der Waals surface area contributed by atoms with Gasteiger partial charge in [-0.05, 0) is 18.2 Å². The molecule has 3 rings (SSSR count). The van der Waals surface area contributed by atoms with E-state index in [0.717, 1.165) is 40.8 Å². The van der Waals surface area contributed by atoms with Crippen LogP contribution in [0, 0.1) is 0 Å². The Kier molecular flexibility index (Phi) is 5.57. The van der Waals surface area contributed by atoms with Crippen molar-refractivity contribution >= 4 is 40.9 Å². The number of alkyl halides is 3. The summed E-state index contributed by atoms with van der Waals surface area (Å²) in [6.07, 6.45) is -3.52. The average molecular weight is 447 g/mol. The number of hydrogen-bond donors (Lipinski definition) is 3. The molecule has 3 aromatic rings. The van der Waals surface area contributed by atoms with Crippen molar-refractivity contribution in [3.8, 4) is 5.75 Å². The lowest BCUT2D eigenvalue weighted by atomic mass is 10.2. The highest BCUT2D eigenvalue weighted by Gasteiger charge is 2.31. The third-order valence-electron chi connectivity index (χ3n) is 3.54. The Morgan fingerprint density at radius 3 is 2.62 bits per heavy atom. The number of aliphatic carboxylic acids is 1. The van der Waals surface area contributed by atoms with Gasteiger partial charge < -0.3 is 15.5 Å². The normalized spacial score (nSPS) is 11.6. The minimum Gasteiger partial charge on any atom is -0.507 e. The van der Waals surface area contributed by atoms with Gasteiger partial charge in [-0.15, -0.1) is 0 Å². The summed E-state index contributed by atoms with van der Waals surface area (Å²) < 4.78 is 40.1. The SMILES string of the molecule is O=C(O)CNC(=O)c1c(O)cc(Sc2cc(Cl)cc(C(F)(F)F)c2)n2ncnc12. The number of nitrogens with one attached hydrogen (secondary N) is 1. The predicted octanol–water partition coefficient (Wildman–Crippen LogP) is 3.07. The number of rotatable bonds is 5. The number of fused-ring (bicyclic) bond motifs is 1. The summed E-state index contributed by atoms with van der Waals surface area (Å²) in [6, 6.07) is 4.07. The van der Waals surface area contributed by atoms with Crippen molar-refractivity contribution in [3.63, 3.8) is 0 Å². The first-order chi connectivity index (χ1) is 13.6. The molecule has 0 atom stereocenters. The van der Waals surface area contributed by atoms with Crippen LogP contribution in [-0.2, 0) is 11.0 Å². The predicted molar refractivity (Wildman–Crippen MR) is 95.2 cm³/mol. The highest BCUT2D eigenvalue weighted by atomic mass is 35.5. The molecule has 13 heteroatoms. The molecule has 0 fully saturated rings. The summed E-state index contributed by atoms with van der Waals surface area (Å²) in [5.41, 5.74) is -1.38. The van der Waals surface area contributed by atoms with Crippen LogP contribution in [0.1, 0.15) is 15.9 Å². The van der Waals surface area contributed by atoms with E-state index in [9.17, 15) is 27.9 Å². The molecule has 152 valence electrons. The molecule has 0 unspecified atom stereocenters. The monoisotopic (exact) mass is 446 g/mol. The maximum Gasteiger partial charge on any atom is 0.416 e. The molecule has 0 aliphatic heterocycles. The van der Waals surface area contributed by atoms with E-state index in [0.29, 0.717) is 0 Å². The Hall–Kier alpha value is -2.99. The second kappa shape index (κ2) is 7.79. The molecule has 2 heterocycles. The maximum atomic E-state index is 13.0. The van der Waals surface area contributed by atoms with E-state index in [1.54, 1.807) is 0 Å². The second-order valence-corrected chi connectivity index (χ2v) is 7.12. The van der Waals surface area contributed by atoms with Gasteiger partial charge in [-0.3, -0.25) is 9.59 Å². The van der Waals surface area contributed by atoms with E-state index < -0.39 is 35.9 Å². The summed E-state index contributed by atoms with van der Waals surface area (Å²) in [5.74, 6) is -2.74. The zero-order valence-electron chi connectivity index (χ0n) is 14.1. The zero-order valence-corrected chi connectivity index (χ0v) is 15.6. The third-order valence-corrected chi connectivity index (χ3v) is 4.73. The minimum absolute atomic E-state index is 0.103. The molecule has 3 N–H and O–H groups in total. The first-order valence-corrected chi connectivity index (χ1v) is 8.87. The lowest BCUT2D eigenvalue weighted by Gasteiger charge is -2.12. The second-order valence-electron chi connectivity index (χ2n) is 5.59. The van der Waals surface area contributed by atoms with Crippen molar-refractivity contribution in [2.24, 2.45) is 0 Å². The van der Waals surface area contributed by atoms with Crippen LogP contribution in [0.5, 0.6) is 5.75 Å². The highest BCUT2D eigenvalue weighted by Crippen LogP contribution is 2.38. The number of halogens is 4. The fraction of sp³-hybridized carbons (Fsp3) is 0.125. The summed E-state index contributed by atoms with van der Waals surface area (Å²) in [7, 11) is 0. The van der Waals surface area contributed by atoms with Crippen LogP contribution in [0.25, 0.3) is 5.65 Å². The van der Waals surface area contributed by atoms with Crippen LogP contribution in [0.3, 0.4) is 0 Å². The van der Waals surface area contributed by atoms with E-state index >= 15 is 0 Å². The van der Waals surface area contributed by atoms with Crippen molar-refractivity contribution in [3.05, 3.63) is 46.7 Å². The molecular formula is C16H10ClF3N4O4S. The first kappa shape index (κ1) is 20.7. The number of carboxylic acids is 1. The zero-order chi connectivity index (χ0) is 21.3. The van der Waals surface area contributed by atoms with Crippen LogP contribution >= 0.6 is 23.4 Å². The Morgan fingerprint density at radius 2 is 1.97 bits per heavy atom. The Labute approximate surface area is 169 Å². The van der Waals surface area contributed by atoms with Gasteiger partial charge in [-0.25, -0.2) is 9.50 Å². The molecular weight excluding hydrogens is 437 g/mol. The van der Waals surface area contributed by atoms with Gasteiger partial charge >= 0.3 is 12.1 Å². The Bertz CT molecular complexity index is 1120. The Balaban J connectivity index is 2.02. The van der Waals surface area contributed by atoms with Gasteiger partial charge in [0.2, 0.25) is 0 Å². The van der Waals surface area contributed by atoms with Crippen LogP contribution in [-0.4, -0.2) is 43.2 Å². The summed E-state index contributed by atoms with van der Waals surface area (Å²) in [4.78, 5) is 26.8. The van der Waals surface area contributed by atoms with Crippen LogP contribution in [0.2, 0.25) is 5.02 Å². The van der Waals surface area contributed by atoms with Gasteiger partial charge in [-0.1, -0.05) is 23.4 Å². The van der Waals surface area contributed by atoms with Crippen molar-refractivity contribution < 1.29 is 33.0 Å². The van der Waals surface area contributed by atoms with Crippen molar-refractivity contribution in [2.75, 3.05) is 6.54 Å². The fourth-order valence-corrected chi connectivity index (χ4v) is 3.68. The number of amides is 1. The number of pyridine rings is 1. The summed E-state index contributed by atoms with van der Waals surface area (Å²) in [5, 5.41) is 24.9. The van der Waals surface area contributed by atoms with E-state index in [-0.39, 0.29) is 26.2 Å². The highest BCUT2D eigenvalue weighted by molar-refractivity contribution is 7.99. The maximum absolute atomic E-state index is 13.0. The standard InChI is InChI=1S/C16H10ClF3N4O4S/c17-8-1-7(16(18,19)20)2-9(3-8)29-11-4-10(25)13(14-22-6-23-24(11)14)15(28)21-5-12(26)27/h1-4,6,25H,5H2,(H,21,28)(H,26,27). The summed E-state index contributed by atoms with van der Waals surface area (Å²) in [6.45, 7) is -0.683. The molecule has 0 spiro atoms.